The lowest BCUT2D eigenvalue weighted by Gasteiger charge is -2.16. The molecule has 1 aromatic heterocycles. The van der Waals surface area contributed by atoms with Crippen LogP contribution in [0.5, 0.6) is 11.5 Å². The Hall–Kier alpha value is -1.59. The highest BCUT2D eigenvalue weighted by atomic mass is 32.1. The molecule has 0 fully saturated rings. The monoisotopic (exact) mass is 251 g/mol. The summed E-state index contributed by atoms with van der Waals surface area (Å²) in [6, 6.07) is 5.39. The number of ether oxygens (including phenoxy) is 2. The van der Waals surface area contributed by atoms with Gasteiger partial charge >= 0.3 is 0 Å². The highest BCUT2D eigenvalue weighted by Gasteiger charge is 2.22. The fourth-order valence-corrected chi connectivity index (χ4v) is 2.27. The van der Waals surface area contributed by atoms with E-state index in [0.717, 1.165) is 0 Å². The van der Waals surface area contributed by atoms with Crippen LogP contribution < -0.4 is 9.47 Å². The molecule has 0 aliphatic rings. The molecule has 0 saturated heterocycles. The summed E-state index contributed by atoms with van der Waals surface area (Å²) in [6.07, 6.45) is 0.826. The van der Waals surface area contributed by atoms with Gasteiger partial charge in [-0.25, -0.2) is 4.98 Å². The van der Waals surface area contributed by atoms with Crippen molar-refractivity contribution in [2.24, 2.45) is 0 Å². The summed E-state index contributed by atoms with van der Waals surface area (Å²) in [6.45, 7) is 0. The van der Waals surface area contributed by atoms with Gasteiger partial charge in [0.25, 0.3) is 0 Å². The molecule has 0 saturated carbocycles. The van der Waals surface area contributed by atoms with Crippen LogP contribution in [0.2, 0.25) is 0 Å². The number of methoxy groups -OCH3 is 2. The number of hydrogen-bond acceptors (Lipinski definition) is 5. The van der Waals surface area contributed by atoms with Crippen molar-refractivity contribution in [3.05, 3.63) is 40.3 Å². The summed E-state index contributed by atoms with van der Waals surface area (Å²) >= 11 is 1.39. The number of rotatable bonds is 4. The van der Waals surface area contributed by atoms with Crippen molar-refractivity contribution in [2.45, 2.75) is 6.10 Å². The van der Waals surface area contributed by atoms with Crippen LogP contribution in [0.4, 0.5) is 0 Å². The van der Waals surface area contributed by atoms with Crippen LogP contribution in [-0.2, 0) is 0 Å². The molecular weight excluding hydrogens is 238 g/mol. The SMILES string of the molecule is COc1cccc(OC)c1C(O)c1nccs1. The molecule has 0 radical (unpaired) electrons. The van der Waals surface area contributed by atoms with Crippen molar-refractivity contribution < 1.29 is 14.6 Å². The molecule has 1 atom stereocenters. The number of nitrogens with zero attached hydrogens (tertiary/aromatic N) is 1. The number of hydrogen-bond donors (Lipinski definition) is 1. The average molecular weight is 251 g/mol. The van der Waals surface area contributed by atoms with E-state index in [1.54, 1.807) is 32.5 Å². The first kappa shape index (κ1) is 11.9. The van der Waals surface area contributed by atoms with Gasteiger partial charge in [0.2, 0.25) is 0 Å². The maximum Gasteiger partial charge on any atom is 0.138 e. The summed E-state index contributed by atoms with van der Waals surface area (Å²) in [5.41, 5.74) is 0.604. The van der Waals surface area contributed by atoms with E-state index in [1.807, 2.05) is 11.4 Å². The van der Waals surface area contributed by atoms with Crippen LogP contribution in [-0.4, -0.2) is 24.3 Å². The normalized spacial score (nSPS) is 12.2. The van der Waals surface area contributed by atoms with Gasteiger partial charge in [-0.1, -0.05) is 6.07 Å². The maximum atomic E-state index is 10.3. The number of aliphatic hydroxyl groups excluding tert-OH is 1. The van der Waals surface area contributed by atoms with Crippen LogP contribution in [0.25, 0.3) is 0 Å². The molecule has 0 spiro atoms. The fraction of sp³-hybridized carbons (Fsp3) is 0.250. The Morgan fingerprint density at radius 2 is 1.88 bits per heavy atom. The van der Waals surface area contributed by atoms with E-state index in [9.17, 15) is 5.11 Å². The van der Waals surface area contributed by atoms with E-state index in [1.165, 1.54) is 11.3 Å². The van der Waals surface area contributed by atoms with Gasteiger partial charge < -0.3 is 14.6 Å². The van der Waals surface area contributed by atoms with Crippen molar-refractivity contribution in [1.29, 1.82) is 0 Å². The van der Waals surface area contributed by atoms with E-state index in [2.05, 4.69) is 4.98 Å². The zero-order valence-corrected chi connectivity index (χ0v) is 10.4. The molecule has 5 heteroatoms. The summed E-state index contributed by atoms with van der Waals surface area (Å²) in [7, 11) is 3.12. The summed E-state index contributed by atoms with van der Waals surface area (Å²) in [5, 5.41) is 12.7. The molecule has 0 amide bonds. The molecular formula is C12H13NO3S. The third kappa shape index (κ3) is 2.25. The minimum Gasteiger partial charge on any atom is -0.496 e. The molecule has 2 aromatic rings. The van der Waals surface area contributed by atoms with Gasteiger partial charge in [-0.3, -0.25) is 0 Å². The van der Waals surface area contributed by atoms with Crippen molar-refractivity contribution >= 4 is 11.3 Å². The van der Waals surface area contributed by atoms with E-state index in [4.69, 9.17) is 9.47 Å². The quantitative estimate of drug-likeness (QED) is 0.905. The third-order valence-electron chi connectivity index (χ3n) is 2.42. The predicted molar refractivity (Wildman–Crippen MR) is 65.7 cm³/mol. The number of aliphatic hydroxyl groups is 1. The predicted octanol–water partition coefficient (Wildman–Crippen LogP) is 2.24. The van der Waals surface area contributed by atoms with Crippen molar-refractivity contribution in [3.63, 3.8) is 0 Å². The fourth-order valence-electron chi connectivity index (χ4n) is 1.64. The summed E-state index contributed by atoms with van der Waals surface area (Å²) in [4.78, 5) is 4.10. The lowest BCUT2D eigenvalue weighted by atomic mass is 10.1. The van der Waals surface area contributed by atoms with Crippen LogP contribution in [0.3, 0.4) is 0 Å². The first-order chi connectivity index (χ1) is 8.27. The molecule has 1 N–H and O–H groups in total. The lowest BCUT2D eigenvalue weighted by Crippen LogP contribution is -2.04. The van der Waals surface area contributed by atoms with Crippen molar-refractivity contribution in [1.82, 2.24) is 4.98 Å². The Morgan fingerprint density at radius 1 is 1.24 bits per heavy atom. The minimum absolute atomic E-state index is 0.590. The smallest absolute Gasteiger partial charge is 0.138 e. The molecule has 2 rings (SSSR count). The van der Waals surface area contributed by atoms with Gasteiger partial charge in [-0.15, -0.1) is 11.3 Å². The van der Waals surface area contributed by atoms with Gasteiger partial charge in [0.1, 0.15) is 22.6 Å². The molecule has 1 aromatic carbocycles. The second-order valence-electron chi connectivity index (χ2n) is 3.35. The Morgan fingerprint density at radius 3 is 2.35 bits per heavy atom. The maximum absolute atomic E-state index is 10.3. The van der Waals surface area contributed by atoms with Gasteiger partial charge in [0.15, 0.2) is 0 Å². The Kier molecular flexibility index (Phi) is 3.61. The molecule has 4 nitrogen and oxygen atoms in total. The molecule has 0 aliphatic carbocycles. The largest absolute Gasteiger partial charge is 0.496 e. The molecule has 17 heavy (non-hydrogen) atoms. The molecule has 0 aliphatic heterocycles. The zero-order valence-electron chi connectivity index (χ0n) is 9.58. The van der Waals surface area contributed by atoms with E-state index < -0.39 is 6.10 Å². The van der Waals surface area contributed by atoms with Gasteiger partial charge in [-0.2, -0.15) is 0 Å². The van der Waals surface area contributed by atoms with Gasteiger partial charge in [-0.05, 0) is 12.1 Å². The topological polar surface area (TPSA) is 51.6 Å². The highest BCUT2D eigenvalue weighted by molar-refractivity contribution is 7.09. The first-order valence-corrected chi connectivity index (χ1v) is 5.94. The number of benzene rings is 1. The number of thiazole rings is 1. The van der Waals surface area contributed by atoms with E-state index in [-0.39, 0.29) is 0 Å². The Balaban J connectivity index is 2.49. The van der Waals surface area contributed by atoms with Gasteiger partial charge in [0.05, 0.1) is 19.8 Å². The molecule has 1 heterocycles. The Bertz CT molecular complexity index is 462. The average Bonchev–Trinajstić information content (AvgIpc) is 2.90. The minimum atomic E-state index is -0.832. The summed E-state index contributed by atoms with van der Waals surface area (Å²) in [5.74, 6) is 1.18. The zero-order chi connectivity index (χ0) is 12.3. The third-order valence-corrected chi connectivity index (χ3v) is 3.25. The highest BCUT2D eigenvalue weighted by Crippen LogP contribution is 2.37. The van der Waals surface area contributed by atoms with E-state index >= 15 is 0 Å². The lowest BCUT2D eigenvalue weighted by molar-refractivity contribution is 0.208. The van der Waals surface area contributed by atoms with Gasteiger partial charge in [0, 0.05) is 11.6 Å². The molecule has 90 valence electrons. The van der Waals surface area contributed by atoms with E-state index in [0.29, 0.717) is 22.1 Å². The van der Waals surface area contributed by atoms with Crippen molar-refractivity contribution in [3.8, 4) is 11.5 Å². The summed E-state index contributed by atoms with van der Waals surface area (Å²) < 4.78 is 10.5. The molecule has 0 bridgehead atoms. The van der Waals surface area contributed by atoms with Crippen LogP contribution in [0, 0.1) is 0 Å². The number of aromatic nitrogens is 1. The first-order valence-electron chi connectivity index (χ1n) is 5.06. The standard InChI is InChI=1S/C12H13NO3S/c1-15-8-4-3-5-9(16-2)10(8)11(14)12-13-6-7-17-12/h3-7,11,14H,1-2H3. The Labute approximate surface area is 103 Å². The van der Waals surface area contributed by atoms with Crippen LogP contribution in [0.1, 0.15) is 16.7 Å². The van der Waals surface area contributed by atoms with Crippen LogP contribution in [0.15, 0.2) is 29.8 Å². The second kappa shape index (κ2) is 5.16. The van der Waals surface area contributed by atoms with Crippen LogP contribution >= 0.6 is 11.3 Å². The second-order valence-corrected chi connectivity index (χ2v) is 4.28. The molecule has 1 unspecified atom stereocenters. The van der Waals surface area contributed by atoms with Crippen molar-refractivity contribution in [2.75, 3.05) is 14.2 Å².